The molecular formula is C21H26BrNO2Si. The molecule has 0 aliphatic heterocycles. The smallest absolute Gasteiger partial charge is 0.193 e. The van der Waals surface area contributed by atoms with E-state index >= 15 is 0 Å². The van der Waals surface area contributed by atoms with Gasteiger partial charge in [0.1, 0.15) is 16.8 Å². The Morgan fingerprint density at radius 3 is 2.50 bits per heavy atom. The lowest BCUT2D eigenvalue weighted by Crippen LogP contribution is -2.45. The van der Waals surface area contributed by atoms with Gasteiger partial charge in [-0.1, -0.05) is 51.1 Å². The number of halogens is 1. The third-order valence-corrected chi connectivity index (χ3v) is 10.3. The molecule has 0 saturated carbocycles. The number of nitrogens with zero attached hydrogens (tertiary/aromatic N) is 1. The number of ether oxygens (including phenoxy) is 1. The Kier molecular flexibility index (Phi) is 5.42. The first kappa shape index (κ1) is 19.3. The van der Waals surface area contributed by atoms with E-state index in [0.717, 1.165) is 5.75 Å². The van der Waals surface area contributed by atoms with Gasteiger partial charge in [0.15, 0.2) is 14.1 Å². The van der Waals surface area contributed by atoms with Crippen LogP contribution >= 0.6 is 15.9 Å². The Morgan fingerprint density at radius 2 is 1.81 bits per heavy atom. The van der Waals surface area contributed by atoms with E-state index in [0.29, 0.717) is 4.60 Å². The van der Waals surface area contributed by atoms with Gasteiger partial charge in [-0.15, -0.1) is 0 Å². The summed E-state index contributed by atoms with van der Waals surface area (Å²) >= 11 is 3.48. The molecule has 3 nitrogen and oxygen atoms in total. The molecule has 1 aliphatic carbocycles. The molecule has 2 aromatic rings. The van der Waals surface area contributed by atoms with E-state index in [-0.39, 0.29) is 17.2 Å². The van der Waals surface area contributed by atoms with E-state index in [9.17, 15) is 0 Å². The van der Waals surface area contributed by atoms with E-state index in [4.69, 9.17) is 9.16 Å². The zero-order valence-electron chi connectivity index (χ0n) is 16.0. The van der Waals surface area contributed by atoms with Crippen LogP contribution in [0, 0.1) is 0 Å². The Hall–Kier alpha value is -1.43. The molecule has 0 saturated heterocycles. The molecule has 5 heteroatoms. The molecule has 0 spiro atoms. The molecule has 3 rings (SSSR count). The van der Waals surface area contributed by atoms with Crippen molar-refractivity contribution in [2.24, 2.45) is 0 Å². The monoisotopic (exact) mass is 431 g/mol. The van der Waals surface area contributed by atoms with Crippen molar-refractivity contribution in [3.63, 3.8) is 0 Å². The van der Waals surface area contributed by atoms with E-state index in [1.54, 1.807) is 6.20 Å². The van der Waals surface area contributed by atoms with Crippen molar-refractivity contribution in [3.8, 4) is 5.75 Å². The van der Waals surface area contributed by atoms with Gasteiger partial charge < -0.3 is 9.16 Å². The van der Waals surface area contributed by atoms with Crippen LogP contribution in [0.25, 0.3) is 6.08 Å². The predicted molar refractivity (Wildman–Crippen MR) is 113 cm³/mol. The summed E-state index contributed by atoms with van der Waals surface area (Å²) in [5, 5.41) is 0.128. The van der Waals surface area contributed by atoms with E-state index in [1.165, 1.54) is 11.1 Å². The van der Waals surface area contributed by atoms with Crippen LogP contribution in [0.2, 0.25) is 18.1 Å². The normalized spacial score (nSPS) is 19.9. The van der Waals surface area contributed by atoms with Crippen LogP contribution in [0.15, 0.2) is 53.3 Å². The number of hydrogen-bond donors (Lipinski definition) is 0. The van der Waals surface area contributed by atoms with Gasteiger partial charge in [0.05, 0.1) is 0 Å². The summed E-state index contributed by atoms with van der Waals surface area (Å²) in [5.41, 5.74) is 2.38. The Bertz CT molecular complexity index is 814. The minimum Gasteiger partial charge on any atom is -0.480 e. The molecule has 0 N–H and O–H groups in total. The second kappa shape index (κ2) is 7.29. The number of aromatic nitrogens is 1. The molecule has 0 radical (unpaired) electrons. The van der Waals surface area contributed by atoms with Crippen LogP contribution in [0.5, 0.6) is 5.75 Å². The summed E-state index contributed by atoms with van der Waals surface area (Å²) in [7, 11) is -1.97. The van der Waals surface area contributed by atoms with Crippen LogP contribution in [0.3, 0.4) is 0 Å². The third kappa shape index (κ3) is 3.95. The summed E-state index contributed by atoms with van der Waals surface area (Å²) in [6.45, 7) is 11.3. The first-order valence-electron chi connectivity index (χ1n) is 8.91. The summed E-state index contributed by atoms with van der Waals surface area (Å²) < 4.78 is 13.8. The molecular weight excluding hydrogens is 406 g/mol. The van der Waals surface area contributed by atoms with Crippen LogP contribution in [-0.4, -0.2) is 19.4 Å². The minimum atomic E-state index is -1.97. The average Bonchev–Trinajstić information content (AvgIpc) is 2.57. The molecule has 1 heterocycles. The lowest BCUT2D eigenvalue weighted by atomic mass is 9.93. The van der Waals surface area contributed by atoms with Crippen molar-refractivity contribution in [1.82, 2.24) is 4.98 Å². The first-order chi connectivity index (χ1) is 12.2. The topological polar surface area (TPSA) is 31.4 Å². The Balaban J connectivity index is 1.96. The molecule has 0 unspecified atom stereocenters. The quantitative estimate of drug-likeness (QED) is 0.415. The largest absolute Gasteiger partial charge is 0.480 e. The third-order valence-electron chi connectivity index (χ3n) is 5.28. The number of fused-ring (bicyclic) bond motifs is 1. The molecule has 1 aromatic carbocycles. The molecule has 1 aliphatic rings. The van der Waals surface area contributed by atoms with Crippen molar-refractivity contribution in [2.45, 2.75) is 51.1 Å². The van der Waals surface area contributed by atoms with Crippen molar-refractivity contribution < 1.29 is 9.16 Å². The molecule has 0 bridgehead atoms. The van der Waals surface area contributed by atoms with Crippen LogP contribution in [0.1, 0.15) is 38.0 Å². The Labute approximate surface area is 165 Å². The number of pyridine rings is 1. The summed E-state index contributed by atoms with van der Waals surface area (Å²) in [6, 6.07) is 12.2. The van der Waals surface area contributed by atoms with Crippen LogP contribution in [0.4, 0.5) is 0 Å². The van der Waals surface area contributed by atoms with Gasteiger partial charge in [-0.3, -0.25) is 0 Å². The molecule has 26 heavy (non-hydrogen) atoms. The van der Waals surface area contributed by atoms with Gasteiger partial charge >= 0.3 is 0 Å². The second-order valence-corrected chi connectivity index (χ2v) is 13.7. The minimum absolute atomic E-state index is 0.128. The first-order valence-corrected chi connectivity index (χ1v) is 12.6. The maximum Gasteiger partial charge on any atom is 0.193 e. The van der Waals surface area contributed by atoms with Crippen molar-refractivity contribution in [2.75, 3.05) is 0 Å². The highest BCUT2D eigenvalue weighted by Gasteiger charge is 2.42. The van der Waals surface area contributed by atoms with Crippen molar-refractivity contribution >= 4 is 30.3 Å². The van der Waals surface area contributed by atoms with Crippen LogP contribution in [-0.2, 0) is 4.43 Å². The lowest BCUT2D eigenvalue weighted by Gasteiger charge is -2.42. The Morgan fingerprint density at radius 1 is 1.08 bits per heavy atom. The maximum atomic E-state index is 6.82. The van der Waals surface area contributed by atoms with Crippen molar-refractivity contribution in [3.05, 3.63) is 64.4 Å². The summed E-state index contributed by atoms with van der Waals surface area (Å²) in [6.07, 6.45) is 5.63. The van der Waals surface area contributed by atoms with Gasteiger partial charge in [-0.2, -0.15) is 0 Å². The van der Waals surface area contributed by atoms with Gasteiger partial charge in [0, 0.05) is 6.20 Å². The number of benzene rings is 1. The fourth-order valence-electron chi connectivity index (χ4n) is 2.73. The standard InChI is InChI=1S/C21H26BrNO2Si/c1-21(2,3)26(4,5)25-19-16-10-7-6-9-15(16)12-13-17(19)24-18-11-8-14-23-20(18)22/h6-14,17,19H,1-5H3/t17-,19-/m1/s1. The van der Waals surface area contributed by atoms with Gasteiger partial charge in [0.2, 0.25) is 0 Å². The average molecular weight is 432 g/mol. The second-order valence-electron chi connectivity index (χ2n) is 8.16. The SMILES string of the molecule is CC(C)(C)[Si](C)(C)O[C@@H]1c2ccccc2C=C[C@H]1Oc1cccnc1Br. The van der Waals surface area contributed by atoms with Gasteiger partial charge in [0.25, 0.3) is 0 Å². The number of rotatable bonds is 4. The highest BCUT2D eigenvalue weighted by Crippen LogP contribution is 2.43. The molecule has 0 amide bonds. The summed E-state index contributed by atoms with van der Waals surface area (Å²) in [5.74, 6) is 0.727. The zero-order valence-corrected chi connectivity index (χ0v) is 18.6. The fourth-order valence-corrected chi connectivity index (χ4v) is 4.32. The maximum absolute atomic E-state index is 6.82. The molecule has 1 aromatic heterocycles. The molecule has 138 valence electrons. The zero-order chi connectivity index (χ0) is 18.9. The lowest BCUT2D eigenvalue weighted by molar-refractivity contribution is 0.0697. The van der Waals surface area contributed by atoms with Gasteiger partial charge in [-0.25, -0.2) is 4.98 Å². The summed E-state index contributed by atoms with van der Waals surface area (Å²) in [4.78, 5) is 4.26. The highest BCUT2D eigenvalue weighted by atomic mass is 79.9. The molecule has 2 atom stereocenters. The highest BCUT2D eigenvalue weighted by molar-refractivity contribution is 9.10. The van der Waals surface area contributed by atoms with Crippen LogP contribution < -0.4 is 4.74 Å². The number of hydrogen-bond acceptors (Lipinski definition) is 3. The van der Waals surface area contributed by atoms with Gasteiger partial charge in [-0.05, 0) is 63.4 Å². The van der Waals surface area contributed by atoms with Crippen molar-refractivity contribution in [1.29, 1.82) is 0 Å². The predicted octanol–water partition coefficient (Wildman–Crippen LogP) is 6.38. The fraction of sp³-hybridized carbons (Fsp3) is 0.381. The van der Waals surface area contributed by atoms with E-state index in [2.05, 4.69) is 91.2 Å². The van der Waals surface area contributed by atoms with E-state index in [1.807, 2.05) is 12.1 Å². The molecule has 0 fully saturated rings. The van der Waals surface area contributed by atoms with E-state index < -0.39 is 8.32 Å².